The number of aryl methyl sites for hydroxylation is 1. The molecule has 4 aromatic rings. The van der Waals surface area contributed by atoms with Crippen LogP contribution in [0, 0.1) is 6.92 Å². The van der Waals surface area contributed by atoms with E-state index in [0.717, 1.165) is 55.4 Å². The van der Waals surface area contributed by atoms with Crippen LogP contribution in [0.4, 0.5) is 14.5 Å². The van der Waals surface area contributed by atoms with Crippen LogP contribution >= 0.6 is 11.6 Å². The van der Waals surface area contributed by atoms with E-state index in [1.807, 2.05) is 13.0 Å². The molecule has 5 heterocycles. The molecular weight excluding hydrogens is 442 g/mol. The summed E-state index contributed by atoms with van der Waals surface area (Å²) in [5.74, 6) is 1.32. The summed E-state index contributed by atoms with van der Waals surface area (Å²) in [7, 11) is 0. The third kappa shape index (κ3) is 4.17. The van der Waals surface area contributed by atoms with E-state index in [9.17, 15) is 8.78 Å². The zero-order chi connectivity index (χ0) is 22.2. The molecule has 0 saturated carbocycles. The van der Waals surface area contributed by atoms with Crippen LogP contribution in [-0.2, 0) is 13.1 Å². The van der Waals surface area contributed by atoms with E-state index in [1.54, 1.807) is 6.20 Å². The fourth-order valence-electron chi connectivity index (χ4n) is 3.95. The lowest BCUT2D eigenvalue weighted by molar-refractivity contribution is 0.122. The van der Waals surface area contributed by atoms with Gasteiger partial charge in [0.2, 0.25) is 0 Å². The Labute approximate surface area is 187 Å². The van der Waals surface area contributed by atoms with Crippen molar-refractivity contribution >= 4 is 28.5 Å². The van der Waals surface area contributed by atoms with Gasteiger partial charge < -0.3 is 14.4 Å². The summed E-state index contributed by atoms with van der Waals surface area (Å²) >= 11 is 6.53. The number of anilines is 1. The van der Waals surface area contributed by atoms with Crippen LogP contribution < -0.4 is 4.90 Å². The number of nitrogens with zero attached hydrogens (tertiary/aromatic N) is 7. The predicted octanol–water partition coefficient (Wildman–Crippen LogP) is 3.36. The lowest BCUT2D eigenvalue weighted by Crippen LogP contribution is -2.46. The minimum absolute atomic E-state index is 0.465. The molecule has 12 heteroatoms. The van der Waals surface area contributed by atoms with Crippen molar-refractivity contribution in [2.24, 2.45) is 0 Å². The molecule has 1 N–H and O–H groups in total. The number of imidazole rings is 1. The zero-order valence-corrected chi connectivity index (χ0v) is 18.1. The molecule has 9 nitrogen and oxygen atoms in total. The first kappa shape index (κ1) is 20.8. The van der Waals surface area contributed by atoms with Gasteiger partial charge in [0.25, 0.3) is 6.43 Å². The van der Waals surface area contributed by atoms with E-state index in [1.165, 1.54) is 17.1 Å². The van der Waals surface area contributed by atoms with Crippen molar-refractivity contribution in [1.82, 2.24) is 34.8 Å². The first-order chi connectivity index (χ1) is 15.5. The lowest BCUT2D eigenvalue weighted by atomic mass is 10.2. The summed E-state index contributed by atoms with van der Waals surface area (Å²) in [5, 5.41) is 8.58. The second kappa shape index (κ2) is 8.47. The lowest BCUT2D eigenvalue weighted by Gasteiger charge is -2.36. The van der Waals surface area contributed by atoms with Gasteiger partial charge in [0.05, 0.1) is 34.4 Å². The Hall–Kier alpha value is -3.05. The average molecular weight is 463 g/mol. The Balaban J connectivity index is 1.36. The number of H-pyrrole nitrogens is 1. The Morgan fingerprint density at radius 2 is 2.03 bits per heavy atom. The quantitative estimate of drug-likeness (QED) is 0.469. The predicted molar refractivity (Wildman–Crippen MR) is 115 cm³/mol. The molecule has 0 spiro atoms. The van der Waals surface area contributed by atoms with Gasteiger partial charge in [-0.05, 0) is 6.92 Å². The number of fused-ring (bicyclic) bond motifs is 1. The maximum atomic E-state index is 12.6. The molecule has 0 bridgehead atoms. The summed E-state index contributed by atoms with van der Waals surface area (Å²) in [5.41, 5.74) is 3.60. The van der Waals surface area contributed by atoms with Crippen molar-refractivity contribution in [2.75, 3.05) is 31.1 Å². The number of hydrogen-bond acceptors (Lipinski definition) is 7. The van der Waals surface area contributed by atoms with E-state index < -0.39 is 13.0 Å². The highest BCUT2D eigenvalue weighted by atomic mass is 35.5. The molecule has 0 aliphatic carbocycles. The van der Waals surface area contributed by atoms with E-state index >= 15 is 0 Å². The second-order valence-corrected chi connectivity index (χ2v) is 8.18. The smallest absolute Gasteiger partial charge is 0.257 e. The van der Waals surface area contributed by atoms with Crippen LogP contribution in [0.3, 0.4) is 0 Å². The maximum absolute atomic E-state index is 12.6. The highest BCUT2D eigenvalue weighted by Crippen LogP contribution is 2.34. The maximum Gasteiger partial charge on any atom is 0.257 e. The number of nitrogens with one attached hydrogen (secondary N) is 1. The number of aromatic nitrogens is 6. The summed E-state index contributed by atoms with van der Waals surface area (Å²) in [6, 6.07) is 1.95. The van der Waals surface area contributed by atoms with Crippen LogP contribution in [-0.4, -0.2) is 67.4 Å². The first-order valence-electron chi connectivity index (χ1n) is 10.2. The van der Waals surface area contributed by atoms with Gasteiger partial charge in [0.1, 0.15) is 23.6 Å². The fraction of sp³-hybridized carbons (Fsp3) is 0.400. The van der Waals surface area contributed by atoms with Crippen LogP contribution in [0.1, 0.15) is 11.5 Å². The van der Waals surface area contributed by atoms with E-state index in [-0.39, 0.29) is 0 Å². The Bertz CT molecular complexity index is 1230. The van der Waals surface area contributed by atoms with Crippen molar-refractivity contribution < 1.29 is 13.3 Å². The third-order valence-corrected chi connectivity index (χ3v) is 5.71. The monoisotopic (exact) mass is 462 g/mol. The Kier molecular flexibility index (Phi) is 5.51. The number of halogens is 3. The van der Waals surface area contributed by atoms with Gasteiger partial charge in [-0.1, -0.05) is 16.8 Å². The third-order valence-electron chi connectivity index (χ3n) is 5.43. The molecule has 0 amide bonds. The molecule has 0 atom stereocenters. The molecule has 168 valence electrons. The largest absolute Gasteiger partial charge is 0.366 e. The molecule has 1 aliphatic rings. The van der Waals surface area contributed by atoms with Crippen molar-refractivity contribution in [1.29, 1.82) is 0 Å². The Morgan fingerprint density at radius 1 is 1.22 bits per heavy atom. The number of rotatable bonds is 6. The fourth-order valence-corrected chi connectivity index (χ4v) is 4.21. The molecular formula is C20H21ClF2N8O. The van der Waals surface area contributed by atoms with Gasteiger partial charge in [0.15, 0.2) is 5.65 Å². The number of pyridine rings is 1. The zero-order valence-electron chi connectivity index (χ0n) is 17.3. The highest BCUT2D eigenvalue weighted by molar-refractivity contribution is 6.34. The van der Waals surface area contributed by atoms with Gasteiger partial charge in [-0.2, -0.15) is 5.10 Å². The van der Waals surface area contributed by atoms with Gasteiger partial charge >= 0.3 is 0 Å². The molecule has 0 unspecified atom stereocenters. The molecule has 5 rings (SSSR count). The number of piperazine rings is 1. The number of hydrogen-bond donors (Lipinski definition) is 1. The standard InChI is InChI=1S/C20H21ClF2N8O/c1-12-6-14(28-32-12)10-29-2-4-30(5-3-29)18-15(21)8-24-20-17(18)26-19(27-20)13-7-25-31(9-13)11-16(22)23/h6-9,16H,2-5,10-11H2,1H3,(H,24,26,27). The van der Waals surface area contributed by atoms with Crippen molar-refractivity contribution in [3.05, 3.63) is 41.1 Å². The molecule has 1 saturated heterocycles. The minimum Gasteiger partial charge on any atom is -0.366 e. The summed E-state index contributed by atoms with van der Waals surface area (Å²) in [6.45, 7) is 5.39. The van der Waals surface area contributed by atoms with Gasteiger partial charge in [-0.3, -0.25) is 9.58 Å². The SMILES string of the molecule is Cc1cc(CN2CCN(c3c(Cl)cnc4nc(-c5cnn(CC(F)F)c5)[nH]c34)CC2)no1. The van der Waals surface area contributed by atoms with Crippen molar-refractivity contribution in [3.8, 4) is 11.4 Å². The second-order valence-electron chi connectivity index (χ2n) is 7.77. The number of alkyl halides is 2. The van der Waals surface area contributed by atoms with Crippen LogP contribution in [0.15, 0.2) is 29.2 Å². The molecule has 4 aromatic heterocycles. The molecule has 1 aliphatic heterocycles. The topological polar surface area (TPSA) is 91.9 Å². The van der Waals surface area contributed by atoms with Crippen LogP contribution in [0.25, 0.3) is 22.6 Å². The molecule has 32 heavy (non-hydrogen) atoms. The Morgan fingerprint density at radius 3 is 2.75 bits per heavy atom. The van der Waals surface area contributed by atoms with Gasteiger partial charge in [-0.15, -0.1) is 0 Å². The summed E-state index contributed by atoms with van der Waals surface area (Å²) < 4.78 is 31.6. The normalized spacial score (nSPS) is 15.3. The van der Waals surface area contributed by atoms with Crippen molar-refractivity contribution in [2.45, 2.75) is 26.4 Å². The summed E-state index contributed by atoms with van der Waals surface area (Å²) in [6.07, 6.45) is 2.16. The van der Waals surface area contributed by atoms with Crippen LogP contribution in [0.2, 0.25) is 5.02 Å². The van der Waals surface area contributed by atoms with E-state index in [4.69, 9.17) is 16.1 Å². The first-order valence-corrected chi connectivity index (χ1v) is 10.6. The minimum atomic E-state index is -2.47. The molecule has 1 fully saturated rings. The summed E-state index contributed by atoms with van der Waals surface area (Å²) in [4.78, 5) is 16.6. The van der Waals surface area contributed by atoms with Crippen molar-refractivity contribution in [3.63, 3.8) is 0 Å². The van der Waals surface area contributed by atoms with Gasteiger partial charge in [0, 0.05) is 45.0 Å². The average Bonchev–Trinajstić information content (AvgIpc) is 3.48. The highest BCUT2D eigenvalue weighted by Gasteiger charge is 2.24. The van der Waals surface area contributed by atoms with E-state index in [0.29, 0.717) is 22.1 Å². The van der Waals surface area contributed by atoms with E-state index in [2.05, 4.69) is 35.0 Å². The van der Waals surface area contributed by atoms with Gasteiger partial charge in [-0.25, -0.2) is 18.7 Å². The van der Waals surface area contributed by atoms with Crippen LogP contribution in [0.5, 0.6) is 0 Å². The molecule has 0 radical (unpaired) electrons. The molecule has 0 aromatic carbocycles. The number of aromatic amines is 1.